The first-order chi connectivity index (χ1) is 12.7. The lowest BCUT2D eigenvalue weighted by molar-refractivity contribution is 0.462. The van der Waals surface area contributed by atoms with Gasteiger partial charge in [0.2, 0.25) is 0 Å². The van der Waals surface area contributed by atoms with Crippen LogP contribution >= 0.6 is 11.6 Å². The van der Waals surface area contributed by atoms with Gasteiger partial charge in [-0.05, 0) is 61.6 Å². The molecule has 1 heterocycles. The second-order valence-corrected chi connectivity index (χ2v) is 7.62. The summed E-state index contributed by atoms with van der Waals surface area (Å²) in [5.74, 6) is 0. The molecule has 2 aliphatic rings. The molecular weight excluding hydrogens is 344 g/mol. The van der Waals surface area contributed by atoms with Crippen LogP contribution in [0.25, 0.3) is 5.57 Å². The molecule has 4 N–H and O–H groups in total. The van der Waals surface area contributed by atoms with Crippen molar-refractivity contribution < 1.29 is 0 Å². The van der Waals surface area contributed by atoms with Gasteiger partial charge in [-0.15, -0.1) is 0 Å². The second kappa shape index (κ2) is 9.13. The number of hydrogen-bond donors (Lipinski definition) is 4. The van der Waals surface area contributed by atoms with Gasteiger partial charge >= 0.3 is 0 Å². The van der Waals surface area contributed by atoms with Crippen LogP contribution in [0.15, 0.2) is 29.3 Å². The van der Waals surface area contributed by atoms with Crippen molar-refractivity contribution in [2.75, 3.05) is 23.7 Å². The molecule has 1 aliphatic heterocycles. The monoisotopic (exact) mass is 372 g/mol. The van der Waals surface area contributed by atoms with Crippen molar-refractivity contribution in [1.82, 2.24) is 5.32 Å². The van der Waals surface area contributed by atoms with Crippen molar-refractivity contribution >= 4 is 34.9 Å². The molecule has 0 amide bonds. The van der Waals surface area contributed by atoms with Crippen LogP contribution in [0.5, 0.6) is 0 Å². The van der Waals surface area contributed by atoms with E-state index in [2.05, 4.69) is 35.0 Å². The van der Waals surface area contributed by atoms with Crippen molar-refractivity contribution in [3.8, 4) is 0 Å². The van der Waals surface area contributed by atoms with Crippen LogP contribution in [0.1, 0.15) is 50.2 Å². The van der Waals surface area contributed by atoms with Gasteiger partial charge in [-0.25, -0.2) is 0 Å². The first-order valence-corrected chi connectivity index (χ1v) is 9.99. The first-order valence-electron chi connectivity index (χ1n) is 9.61. The van der Waals surface area contributed by atoms with Gasteiger partial charge in [-0.2, -0.15) is 0 Å². The van der Waals surface area contributed by atoms with E-state index in [9.17, 15) is 0 Å². The fourth-order valence-corrected chi connectivity index (χ4v) is 4.10. The fourth-order valence-electron chi connectivity index (χ4n) is 3.86. The van der Waals surface area contributed by atoms with E-state index in [-0.39, 0.29) is 0 Å². The Morgan fingerprint density at radius 1 is 1.27 bits per heavy atom. The van der Waals surface area contributed by atoms with Crippen molar-refractivity contribution in [3.63, 3.8) is 0 Å². The Hall–Kier alpha value is -1.94. The van der Waals surface area contributed by atoms with E-state index in [1.165, 1.54) is 66.5 Å². The summed E-state index contributed by atoms with van der Waals surface area (Å²) < 4.78 is 0. The standard InChI is InChI=1S/C21H29ClN4/c1-15-11-17(22)8-10-25-21-16(7-9-24-14-23)12-19(13-20(15)21)26-18-5-3-2-4-6-18/h8,11-14,18,25-26H,2-7,9-10H2,1H3,(H2,23,24)/b15-11+,17-8+. The summed E-state index contributed by atoms with van der Waals surface area (Å²) in [5, 5.41) is 18.3. The average Bonchev–Trinajstić information content (AvgIpc) is 2.63. The third-order valence-electron chi connectivity index (χ3n) is 5.19. The molecule has 0 aromatic heterocycles. The van der Waals surface area contributed by atoms with Gasteiger partial charge < -0.3 is 16.0 Å². The maximum atomic E-state index is 7.19. The van der Waals surface area contributed by atoms with Crippen molar-refractivity contribution in [2.45, 2.75) is 51.5 Å². The largest absolute Gasteiger partial charge is 0.382 e. The summed E-state index contributed by atoms with van der Waals surface area (Å²) in [6.45, 7) is 3.59. The van der Waals surface area contributed by atoms with Gasteiger partial charge in [-0.1, -0.05) is 30.9 Å². The van der Waals surface area contributed by atoms with Crippen LogP contribution in [0.3, 0.4) is 0 Å². The number of allylic oxidation sites excluding steroid dienone is 3. The topological polar surface area (TPSA) is 59.9 Å². The van der Waals surface area contributed by atoms with Crippen LogP contribution in [0, 0.1) is 5.41 Å². The van der Waals surface area contributed by atoms with E-state index in [1.54, 1.807) is 0 Å². The molecule has 1 aliphatic carbocycles. The number of hydrogen-bond acceptors (Lipinski definition) is 3. The minimum Gasteiger partial charge on any atom is -0.382 e. The number of anilines is 2. The van der Waals surface area contributed by atoms with Gasteiger partial charge in [0, 0.05) is 41.1 Å². The Kier molecular flexibility index (Phi) is 6.62. The third kappa shape index (κ3) is 4.82. The third-order valence-corrected chi connectivity index (χ3v) is 5.46. The quantitative estimate of drug-likeness (QED) is 0.318. The molecule has 0 radical (unpaired) electrons. The van der Waals surface area contributed by atoms with Gasteiger partial charge in [-0.3, -0.25) is 5.41 Å². The minimum atomic E-state index is 0.573. The predicted octanol–water partition coefficient (Wildman–Crippen LogP) is 5.12. The summed E-state index contributed by atoms with van der Waals surface area (Å²) in [7, 11) is 0. The Labute approximate surface area is 161 Å². The van der Waals surface area contributed by atoms with Crippen LogP contribution in [-0.2, 0) is 6.42 Å². The number of nitrogens with one attached hydrogen (secondary N) is 4. The zero-order valence-electron chi connectivity index (χ0n) is 15.5. The molecule has 1 aromatic carbocycles. The highest BCUT2D eigenvalue weighted by Gasteiger charge is 2.17. The van der Waals surface area contributed by atoms with Crippen LogP contribution in [-0.4, -0.2) is 25.5 Å². The number of fused-ring (bicyclic) bond motifs is 1. The van der Waals surface area contributed by atoms with Gasteiger partial charge in [0.15, 0.2) is 0 Å². The van der Waals surface area contributed by atoms with Gasteiger partial charge in [0.25, 0.3) is 0 Å². The lowest BCUT2D eigenvalue weighted by atomic mass is 9.93. The Bertz CT molecular complexity index is 702. The molecule has 0 saturated heterocycles. The molecule has 0 atom stereocenters. The molecule has 4 nitrogen and oxygen atoms in total. The second-order valence-electron chi connectivity index (χ2n) is 7.18. The summed E-state index contributed by atoms with van der Waals surface area (Å²) >= 11 is 6.29. The average molecular weight is 373 g/mol. The molecule has 1 saturated carbocycles. The molecular formula is C21H29ClN4. The number of rotatable bonds is 6. The maximum Gasteiger partial charge on any atom is 0.0791 e. The molecule has 0 spiro atoms. The molecule has 0 bridgehead atoms. The summed E-state index contributed by atoms with van der Waals surface area (Å²) in [6.07, 6.45) is 12.7. The van der Waals surface area contributed by atoms with Crippen molar-refractivity contribution in [1.29, 1.82) is 5.41 Å². The molecule has 3 rings (SSSR count). The smallest absolute Gasteiger partial charge is 0.0791 e. The van der Waals surface area contributed by atoms with Crippen molar-refractivity contribution in [2.24, 2.45) is 0 Å². The van der Waals surface area contributed by atoms with E-state index in [0.717, 1.165) is 24.5 Å². The highest BCUT2D eigenvalue weighted by Crippen LogP contribution is 2.34. The molecule has 1 aromatic rings. The summed E-state index contributed by atoms with van der Waals surface area (Å²) in [6, 6.07) is 5.10. The number of halogens is 1. The van der Waals surface area contributed by atoms with Crippen LogP contribution < -0.4 is 16.0 Å². The Morgan fingerprint density at radius 2 is 2.08 bits per heavy atom. The highest BCUT2D eigenvalue weighted by atomic mass is 35.5. The Balaban J connectivity index is 1.93. The molecule has 5 heteroatoms. The van der Waals surface area contributed by atoms with Crippen LogP contribution in [0.4, 0.5) is 11.4 Å². The lowest BCUT2D eigenvalue weighted by Crippen LogP contribution is -2.23. The van der Waals surface area contributed by atoms with Gasteiger partial charge in [0.1, 0.15) is 0 Å². The Morgan fingerprint density at radius 3 is 2.85 bits per heavy atom. The lowest BCUT2D eigenvalue weighted by Gasteiger charge is -2.26. The first kappa shape index (κ1) is 18.8. The molecule has 1 fully saturated rings. The summed E-state index contributed by atoms with van der Waals surface area (Å²) in [4.78, 5) is 0. The minimum absolute atomic E-state index is 0.573. The molecule has 26 heavy (non-hydrogen) atoms. The summed E-state index contributed by atoms with van der Waals surface area (Å²) in [5.41, 5.74) is 6.02. The van der Waals surface area contributed by atoms with Gasteiger partial charge in [0.05, 0.1) is 6.34 Å². The number of benzene rings is 1. The fraction of sp³-hybridized carbons (Fsp3) is 0.476. The zero-order chi connectivity index (χ0) is 18.4. The van der Waals surface area contributed by atoms with E-state index in [4.69, 9.17) is 17.0 Å². The predicted molar refractivity (Wildman–Crippen MR) is 114 cm³/mol. The van der Waals surface area contributed by atoms with Crippen molar-refractivity contribution in [3.05, 3.63) is 40.4 Å². The van der Waals surface area contributed by atoms with E-state index in [1.807, 2.05) is 12.2 Å². The van der Waals surface area contributed by atoms with E-state index < -0.39 is 0 Å². The molecule has 0 unspecified atom stereocenters. The van der Waals surface area contributed by atoms with E-state index in [0.29, 0.717) is 6.04 Å². The normalized spacial score (nSPS) is 21.8. The van der Waals surface area contributed by atoms with E-state index >= 15 is 0 Å². The molecule has 140 valence electrons. The maximum absolute atomic E-state index is 7.19. The SMILES string of the molecule is C/C1=C\C(Cl)=C/CNc2c(CCNC=N)cc(NC3CCCCC3)cc21. The zero-order valence-corrected chi connectivity index (χ0v) is 16.3. The van der Waals surface area contributed by atoms with Crippen LogP contribution in [0.2, 0.25) is 0 Å². The highest BCUT2D eigenvalue weighted by molar-refractivity contribution is 6.31.